The average molecular weight is 220 g/mol. The fourth-order valence-corrected chi connectivity index (χ4v) is 0.877. The summed E-state index contributed by atoms with van der Waals surface area (Å²) in [5.41, 5.74) is 0. The van der Waals surface area contributed by atoms with Gasteiger partial charge in [0.2, 0.25) is 0 Å². The third-order valence-corrected chi connectivity index (χ3v) is 2.05. The molecule has 0 heterocycles. The third-order valence-electron chi connectivity index (χ3n) is 2.05. The Morgan fingerprint density at radius 1 is 1.00 bits per heavy atom. The van der Waals surface area contributed by atoms with E-state index in [1.165, 1.54) is 0 Å². The second-order valence-electron chi connectivity index (χ2n) is 3.55. The molecule has 0 aromatic rings. The molecule has 4 heteroatoms. The van der Waals surface area contributed by atoms with Crippen molar-refractivity contribution in [2.24, 2.45) is 0 Å². The van der Waals surface area contributed by atoms with Crippen molar-refractivity contribution in [3.8, 4) is 0 Å². The van der Waals surface area contributed by atoms with Crippen molar-refractivity contribution in [2.75, 3.05) is 33.7 Å². The summed E-state index contributed by atoms with van der Waals surface area (Å²) in [6, 6.07) is 0. The lowest BCUT2D eigenvalue weighted by molar-refractivity contribution is -0.112. The maximum absolute atomic E-state index is 5.41. The molecule has 0 rings (SSSR count). The molecule has 0 aliphatic heterocycles. The Bertz CT molecular complexity index is 130. The normalized spacial score (nSPS) is 15.2. The molecule has 0 aliphatic rings. The lowest BCUT2D eigenvalue weighted by Crippen LogP contribution is -2.20. The summed E-state index contributed by atoms with van der Waals surface area (Å²) < 4.78 is 21.0. The first kappa shape index (κ1) is 14.8. The number of rotatable bonds is 10. The molecular weight excluding hydrogens is 196 g/mol. The topological polar surface area (TPSA) is 36.9 Å². The van der Waals surface area contributed by atoms with E-state index in [0.29, 0.717) is 26.6 Å². The van der Waals surface area contributed by atoms with Crippen molar-refractivity contribution < 1.29 is 18.9 Å². The van der Waals surface area contributed by atoms with Crippen LogP contribution in [-0.4, -0.2) is 45.9 Å². The van der Waals surface area contributed by atoms with Crippen LogP contribution in [0.15, 0.2) is 0 Å². The first-order valence-electron chi connectivity index (χ1n) is 5.50. The van der Waals surface area contributed by atoms with E-state index < -0.39 is 0 Å². The van der Waals surface area contributed by atoms with Gasteiger partial charge in [0, 0.05) is 7.11 Å². The maximum Gasteiger partial charge on any atom is 0.147 e. The van der Waals surface area contributed by atoms with Crippen LogP contribution in [0.2, 0.25) is 0 Å². The summed E-state index contributed by atoms with van der Waals surface area (Å²) in [7, 11) is 1.66. The number of hydrogen-bond donors (Lipinski definition) is 0. The van der Waals surface area contributed by atoms with Crippen molar-refractivity contribution in [2.45, 2.75) is 39.4 Å². The molecule has 0 saturated carbocycles. The second kappa shape index (κ2) is 10.4. The van der Waals surface area contributed by atoms with Gasteiger partial charge in [0.25, 0.3) is 0 Å². The molecule has 0 saturated heterocycles. The molecule has 0 bridgehead atoms. The van der Waals surface area contributed by atoms with E-state index in [1.54, 1.807) is 7.11 Å². The lowest BCUT2D eigenvalue weighted by atomic mass is 10.3. The fourth-order valence-electron chi connectivity index (χ4n) is 0.877. The van der Waals surface area contributed by atoms with Crippen LogP contribution in [0.25, 0.3) is 0 Å². The molecule has 2 atom stereocenters. The summed E-state index contributed by atoms with van der Waals surface area (Å²) in [6.45, 7) is 8.20. The van der Waals surface area contributed by atoms with Crippen LogP contribution in [0.5, 0.6) is 0 Å². The maximum atomic E-state index is 5.41. The van der Waals surface area contributed by atoms with Gasteiger partial charge in [0.05, 0.1) is 32.0 Å². The zero-order chi connectivity index (χ0) is 11.5. The molecule has 0 amide bonds. The Kier molecular flexibility index (Phi) is 10.3. The largest absolute Gasteiger partial charge is 0.382 e. The van der Waals surface area contributed by atoms with E-state index in [2.05, 4.69) is 6.92 Å². The molecule has 0 spiro atoms. The molecule has 2 unspecified atom stereocenters. The highest BCUT2D eigenvalue weighted by Gasteiger charge is 2.03. The fraction of sp³-hybridized carbons (Fsp3) is 1.00. The molecule has 4 nitrogen and oxygen atoms in total. The van der Waals surface area contributed by atoms with E-state index in [1.807, 2.05) is 13.8 Å². The molecule has 0 aromatic heterocycles. The van der Waals surface area contributed by atoms with Crippen LogP contribution in [0, 0.1) is 0 Å². The number of methoxy groups -OCH3 is 1. The van der Waals surface area contributed by atoms with Crippen molar-refractivity contribution in [1.29, 1.82) is 0 Å². The average Bonchev–Trinajstić information content (AvgIpc) is 2.24. The first-order chi connectivity index (χ1) is 7.20. The van der Waals surface area contributed by atoms with Gasteiger partial charge in [-0.15, -0.1) is 0 Å². The smallest absolute Gasteiger partial charge is 0.147 e. The summed E-state index contributed by atoms with van der Waals surface area (Å²) in [6.07, 6.45) is 1.35. The van der Waals surface area contributed by atoms with Gasteiger partial charge in [-0.25, -0.2) is 0 Å². The standard InChI is InChI=1S/C11H24O4/c1-5-10(2)15-9-13-8-11(3)14-7-6-12-4/h10-11H,5-9H2,1-4H3. The summed E-state index contributed by atoms with van der Waals surface area (Å²) in [4.78, 5) is 0. The zero-order valence-corrected chi connectivity index (χ0v) is 10.3. The van der Waals surface area contributed by atoms with E-state index >= 15 is 0 Å². The Morgan fingerprint density at radius 2 is 1.73 bits per heavy atom. The van der Waals surface area contributed by atoms with E-state index in [9.17, 15) is 0 Å². The first-order valence-corrected chi connectivity index (χ1v) is 5.50. The monoisotopic (exact) mass is 220 g/mol. The Balaban J connectivity index is 3.19. The molecule has 0 aliphatic carbocycles. The van der Waals surface area contributed by atoms with Gasteiger partial charge >= 0.3 is 0 Å². The van der Waals surface area contributed by atoms with Gasteiger partial charge < -0.3 is 18.9 Å². The molecule has 0 fully saturated rings. The second-order valence-corrected chi connectivity index (χ2v) is 3.55. The third kappa shape index (κ3) is 10.1. The van der Waals surface area contributed by atoms with Crippen molar-refractivity contribution in [3.63, 3.8) is 0 Å². The number of hydrogen-bond acceptors (Lipinski definition) is 4. The quantitative estimate of drug-likeness (QED) is 0.416. The molecular formula is C11H24O4. The van der Waals surface area contributed by atoms with Crippen molar-refractivity contribution in [3.05, 3.63) is 0 Å². The highest BCUT2D eigenvalue weighted by atomic mass is 16.7. The summed E-state index contributed by atoms with van der Waals surface area (Å²) in [5.74, 6) is 0. The highest BCUT2D eigenvalue weighted by molar-refractivity contribution is 4.46. The Labute approximate surface area is 92.8 Å². The minimum absolute atomic E-state index is 0.0840. The van der Waals surface area contributed by atoms with Crippen LogP contribution in [0.1, 0.15) is 27.2 Å². The van der Waals surface area contributed by atoms with E-state index in [0.717, 1.165) is 6.42 Å². The van der Waals surface area contributed by atoms with Gasteiger partial charge in [-0.2, -0.15) is 0 Å². The van der Waals surface area contributed by atoms with Crippen LogP contribution in [0.4, 0.5) is 0 Å². The summed E-state index contributed by atoms with van der Waals surface area (Å²) >= 11 is 0. The molecule has 15 heavy (non-hydrogen) atoms. The molecule has 92 valence electrons. The van der Waals surface area contributed by atoms with Crippen LogP contribution >= 0.6 is 0 Å². The predicted molar refractivity (Wildman–Crippen MR) is 58.9 cm³/mol. The summed E-state index contributed by atoms with van der Waals surface area (Å²) in [5, 5.41) is 0. The van der Waals surface area contributed by atoms with Crippen molar-refractivity contribution in [1.82, 2.24) is 0 Å². The highest BCUT2D eigenvalue weighted by Crippen LogP contribution is 1.97. The molecule has 0 aromatic carbocycles. The van der Waals surface area contributed by atoms with E-state index in [-0.39, 0.29) is 12.2 Å². The van der Waals surface area contributed by atoms with Gasteiger partial charge in [-0.3, -0.25) is 0 Å². The molecule has 0 radical (unpaired) electrons. The van der Waals surface area contributed by atoms with Gasteiger partial charge in [-0.1, -0.05) is 6.92 Å². The SMILES string of the molecule is CCC(C)OCOCC(C)OCCOC. The molecule has 0 N–H and O–H groups in total. The van der Waals surface area contributed by atoms with Crippen LogP contribution in [-0.2, 0) is 18.9 Å². The Morgan fingerprint density at radius 3 is 2.33 bits per heavy atom. The lowest BCUT2D eigenvalue weighted by Gasteiger charge is -2.15. The van der Waals surface area contributed by atoms with Crippen LogP contribution < -0.4 is 0 Å². The van der Waals surface area contributed by atoms with Crippen LogP contribution in [0.3, 0.4) is 0 Å². The minimum atomic E-state index is 0.0840. The van der Waals surface area contributed by atoms with E-state index in [4.69, 9.17) is 18.9 Å². The predicted octanol–water partition coefficient (Wildman–Crippen LogP) is 1.83. The minimum Gasteiger partial charge on any atom is -0.382 e. The van der Waals surface area contributed by atoms with Crippen molar-refractivity contribution >= 4 is 0 Å². The van der Waals surface area contributed by atoms with Gasteiger partial charge in [0.15, 0.2) is 0 Å². The number of ether oxygens (including phenoxy) is 4. The van der Waals surface area contributed by atoms with Gasteiger partial charge in [0.1, 0.15) is 6.79 Å². The Hall–Kier alpha value is -0.160. The van der Waals surface area contributed by atoms with Gasteiger partial charge in [-0.05, 0) is 20.3 Å². The zero-order valence-electron chi connectivity index (χ0n) is 10.3.